The van der Waals surface area contributed by atoms with Crippen LogP contribution >= 0.6 is 0 Å². The van der Waals surface area contributed by atoms with Gasteiger partial charge in [-0.25, -0.2) is 4.98 Å². The molecule has 84 valence electrons. The standard InChI is InChI=1S/C12H15N3O/c1-9-4-2-3-5-11(9)15-8-14-6-12(15)10(13)7-16/h2-6,8,10,16H,7,13H2,1H3. The molecule has 0 aliphatic carbocycles. The first-order chi connectivity index (χ1) is 7.74. The Balaban J connectivity index is 2.49. The molecular weight excluding hydrogens is 202 g/mol. The van der Waals surface area contributed by atoms with Crippen LogP contribution in [0.5, 0.6) is 0 Å². The second kappa shape index (κ2) is 4.47. The Morgan fingerprint density at radius 3 is 2.88 bits per heavy atom. The highest BCUT2D eigenvalue weighted by atomic mass is 16.3. The molecule has 0 fully saturated rings. The van der Waals surface area contributed by atoms with Gasteiger partial charge in [-0.3, -0.25) is 0 Å². The van der Waals surface area contributed by atoms with Crippen molar-refractivity contribution in [3.05, 3.63) is 48.0 Å². The summed E-state index contributed by atoms with van der Waals surface area (Å²) in [4.78, 5) is 4.08. The van der Waals surface area contributed by atoms with Gasteiger partial charge >= 0.3 is 0 Å². The van der Waals surface area contributed by atoms with Gasteiger partial charge in [0.1, 0.15) is 0 Å². The molecule has 0 saturated heterocycles. The first-order valence-electron chi connectivity index (χ1n) is 5.18. The molecule has 0 aliphatic heterocycles. The zero-order chi connectivity index (χ0) is 11.5. The smallest absolute Gasteiger partial charge is 0.0994 e. The molecule has 2 rings (SSSR count). The molecule has 1 atom stereocenters. The summed E-state index contributed by atoms with van der Waals surface area (Å²) in [6.45, 7) is 1.95. The third-order valence-electron chi connectivity index (χ3n) is 2.62. The Morgan fingerprint density at radius 2 is 2.19 bits per heavy atom. The average molecular weight is 217 g/mol. The van der Waals surface area contributed by atoms with Crippen LogP contribution in [0.15, 0.2) is 36.8 Å². The lowest BCUT2D eigenvalue weighted by Crippen LogP contribution is -2.18. The highest BCUT2D eigenvalue weighted by Gasteiger charge is 2.12. The maximum atomic E-state index is 9.08. The molecule has 1 heterocycles. The summed E-state index contributed by atoms with van der Waals surface area (Å²) < 4.78 is 1.91. The number of aliphatic hydroxyl groups excluding tert-OH is 1. The van der Waals surface area contributed by atoms with Crippen LogP contribution in [0.4, 0.5) is 0 Å². The van der Waals surface area contributed by atoms with Gasteiger partial charge in [0, 0.05) is 5.69 Å². The van der Waals surface area contributed by atoms with Gasteiger partial charge in [0.15, 0.2) is 0 Å². The van der Waals surface area contributed by atoms with E-state index >= 15 is 0 Å². The third kappa shape index (κ3) is 1.85. The summed E-state index contributed by atoms with van der Waals surface area (Å²) in [6.07, 6.45) is 3.40. The number of aromatic nitrogens is 2. The van der Waals surface area contributed by atoms with E-state index in [1.165, 1.54) is 0 Å². The summed E-state index contributed by atoms with van der Waals surface area (Å²) in [6, 6.07) is 7.59. The van der Waals surface area contributed by atoms with Crippen LogP contribution in [0.3, 0.4) is 0 Å². The fourth-order valence-electron chi connectivity index (χ4n) is 1.71. The van der Waals surface area contributed by atoms with Gasteiger partial charge in [0.05, 0.1) is 30.9 Å². The molecule has 0 aliphatic rings. The van der Waals surface area contributed by atoms with Gasteiger partial charge in [-0.15, -0.1) is 0 Å². The number of hydrogen-bond donors (Lipinski definition) is 2. The normalized spacial score (nSPS) is 12.7. The third-order valence-corrected chi connectivity index (χ3v) is 2.62. The average Bonchev–Trinajstić information content (AvgIpc) is 2.77. The summed E-state index contributed by atoms with van der Waals surface area (Å²) >= 11 is 0. The number of aryl methyl sites for hydroxylation is 1. The van der Waals surface area contributed by atoms with E-state index in [-0.39, 0.29) is 6.61 Å². The minimum Gasteiger partial charge on any atom is -0.394 e. The lowest BCUT2D eigenvalue weighted by molar-refractivity contribution is 0.265. The van der Waals surface area contributed by atoms with Crippen LogP contribution in [-0.4, -0.2) is 21.3 Å². The van der Waals surface area contributed by atoms with Crippen LogP contribution < -0.4 is 5.73 Å². The van der Waals surface area contributed by atoms with Crippen LogP contribution in [-0.2, 0) is 0 Å². The fourth-order valence-corrected chi connectivity index (χ4v) is 1.71. The first kappa shape index (κ1) is 10.9. The molecule has 0 saturated carbocycles. The van der Waals surface area contributed by atoms with E-state index in [0.717, 1.165) is 16.9 Å². The molecule has 4 heteroatoms. The zero-order valence-corrected chi connectivity index (χ0v) is 9.17. The van der Waals surface area contributed by atoms with Crippen LogP contribution in [0.25, 0.3) is 5.69 Å². The van der Waals surface area contributed by atoms with Crippen LogP contribution in [0, 0.1) is 6.92 Å². The van der Waals surface area contributed by atoms with Crippen molar-refractivity contribution in [2.75, 3.05) is 6.61 Å². The van der Waals surface area contributed by atoms with E-state index in [4.69, 9.17) is 10.8 Å². The van der Waals surface area contributed by atoms with E-state index in [1.807, 2.05) is 35.8 Å². The van der Waals surface area contributed by atoms with Crippen molar-refractivity contribution >= 4 is 0 Å². The number of nitrogens with two attached hydrogens (primary N) is 1. The number of nitrogens with zero attached hydrogens (tertiary/aromatic N) is 2. The van der Waals surface area contributed by atoms with E-state index < -0.39 is 6.04 Å². The van der Waals surface area contributed by atoms with Crippen LogP contribution in [0.2, 0.25) is 0 Å². The molecule has 3 N–H and O–H groups in total. The molecule has 16 heavy (non-hydrogen) atoms. The van der Waals surface area contributed by atoms with E-state index in [2.05, 4.69) is 4.98 Å². The maximum absolute atomic E-state index is 9.08. The monoisotopic (exact) mass is 217 g/mol. The highest BCUT2D eigenvalue weighted by molar-refractivity contribution is 5.41. The number of aliphatic hydroxyl groups is 1. The molecule has 0 bridgehead atoms. The molecule has 0 spiro atoms. The van der Waals surface area contributed by atoms with Crippen molar-refractivity contribution in [1.82, 2.24) is 9.55 Å². The number of hydrogen-bond acceptors (Lipinski definition) is 3. The largest absolute Gasteiger partial charge is 0.394 e. The highest BCUT2D eigenvalue weighted by Crippen LogP contribution is 2.18. The summed E-state index contributed by atoms with van der Waals surface area (Å²) in [5, 5.41) is 9.08. The fraction of sp³-hybridized carbons (Fsp3) is 0.250. The zero-order valence-electron chi connectivity index (χ0n) is 9.17. The second-order valence-corrected chi connectivity index (χ2v) is 3.76. The number of imidazole rings is 1. The SMILES string of the molecule is Cc1ccccc1-n1cncc1C(N)CO. The first-order valence-corrected chi connectivity index (χ1v) is 5.18. The van der Waals surface area contributed by atoms with Gasteiger partial charge in [-0.05, 0) is 18.6 Å². The van der Waals surface area contributed by atoms with Crippen molar-refractivity contribution in [3.8, 4) is 5.69 Å². The molecular formula is C12H15N3O. The van der Waals surface area contributed by atoms with Crippen molar-refractivity contribution < 1.29 is 5.11 Å². The van der Waals surface area contributed by atoms with Crippen molar-refractivity contribution in [2.24, 2.45) is 5.73 Å². The van der Waals surface area contributed by atoms with Gasteiger partial charge in [-0.1, -0.05) is 18.2 Å². The van der Waals surface area contributed by atoms with E-state index in [0.29, 0.717) is 0 Å². The lowest BCUT2D eigenvalue weighted by atomic mass is 10.2. The predicted molar refractivity (Wildman–Crippen MR) is 62.3 cm³/mol. The number of para-hydroxylation sites is 1. The Bertz CT molecular complexity index is 479. The molecule has 1 aromatic heterocycles. The topological polar surface area (TPSA) is 64.1 Å². The molecule has 4 nitrogen and oxygen atoms in total. The molecule has 2 aromatic rings. The molecule has 0 amide bonds. The summed E-state index contributed by atoms with van der Waals surface area (Å²) in [5.74, 6) is 0. The Labute approximate surface area is 94.4 Å². The molecule has 1 aromatic carbocycles. The van der Waals surface area contributed by atoms with Crippen LogP contribution in [0.1, 0.15) is 17.3 Å². The van der Waals surface area contributed by atoms with Gasteiger partial charge < -0.3 is 15.4 Å². The minimum atomic E-state index is -0.401. The van der Waals surface area contributed by atoms with Gasteiger partial charge in [-0.2, -0.15) is 0 Å². The van der Waals surface area contributed by atoms with Gasteiger partial charge in [0.2, 0.25) is 0 Å². The minimum absolute atomic E-state index is 0.0857. The molecule has 1 unspecified atom stereocenters. The summed E-state index contributed by atoms with van der Waals surface area (Å²) in [5.41, 5.74) is 8.82. The Kier molecular flexibility index (Phi) is 3.03. The lowest BCUT2D eigenvalue weighted by Gasteiger charge is -2.14. The predicted octanol–water partition coefficient (Wildman–Crippen LogP) is 1.17. The maximum Gasteiger partial charge on any atom is 0.0994 e. The van der Waals surface area contributed by atoms with Crippen molar-refractivity contribution in [2.45, 2.75) is 13.0 Å². The number of rotatable bonds is 3. The Morgan fingerprint density at radius 1 is 1.44 bits per heavy atom. The second-order valence-electron chi connectivity index (χ2n) is 3.76. The number of benzene rings is 1. The van der Waals surface area contributed by atoms with Crippen molar-refractivity contribution in [1.29, 1.82) is 0 Å². The van der Waals surface area contributed by atoms with Crippen molar-refractivity contribution in [3.63, 3.8) is 0 Å². The van der Waals surface area contributed by atoms with E-state index in [1.54, 1.807) is 12.5 Å². The van der Waals surface area contributed by atoms with E-state index in [9.17, 15) is 0 Å². The van der Waals surface area contributed by atoms with Gasteiger partial charge in [0.25, 0.3) is 0 Å². The Hall–Kier alpha value is -1.65. The molecule has 0 radical (unpaired) electrons. The quantitative estimate of drug-likeness (QED) is 0.811. The summed E-state index contributed by atoms with van der Waals surface area (Å²) in [7, 11) is 0.